The summed E-state index contributed by atoms with van der Waals surface area (Å²) in [6.45, 7) is 1.17. The zero-order valence-corrected chi connectivity index (χ0v) is 18.4. The van der Waals surface area contributed by atoms with Crippen LogP contribution in [0.3, 0.4) is 0 Å². The maximum atomic E-state index is 13.8. The molecule has 4 rings (SSSR count). The maximum Gasteiger partial charge on any atom is 0.321 e. The van der Waals surface area contributed by atoms with E-state index in [0.29, 0.717) is 43.3 Å². The zero-order valence-electron chi connectivity index (χ0n) is 17.6. The summed E-state index contributed by atoms with van der Waals surface area (Å²) in [5.74, 6) is 0.147. The van der Waals surface area contributed by atoms with E-state index >= 15 is 0 Å². The fourth-order valence-corrected chi connectivity index (χ4v) is 3.89. The summed E-state index contributed by atoms with van der Waals surface area (Å²) in [6, 6.07) is 15.8. The molecule has 1 aromatic heterocycles. The van der Waals surface area contributed by atoms with Gasteiger partial charge in [-0.1, -0.05) is 53.7 Å². The topological polar surface area (TPSA) is 97.3 Å². The number of amides is 1. The fourth-order valence-electron chi connectivity index (χ4n) is 3.89. The van der Waals surface area contributed by atoms with Crippen LogP contribution >= 0.6 is 12.4 Å². The van der Waals surface area contributed by atoms with Gasteiger partial charge in [-0.05, 0) is 37.3 Å². The van der Waals surface area contributed by atoms with Gasteiger partial charge in [0.2, 0.25) is 11.7 Å². The molecule has 0 bridgehead atoms. The van der Waals surface area contributed by atoms with Gasteiger partial charge >= 0.3 is 6.01 Å². The van der Waals surface area contributed by atoms with Crippen LogP contribution in [0.1, 0.15) is 24.8 Å². The molecule has 1 amide bonds. The Balaban J connectivity index is 0.00000289. The van der Waals surface area contributed by atoms with Crippen molar-refractivity contribution < 1.29 is 13.7 Å². The van der Waals surface area contributed by atoms with Crippen molar-refractivity contribution in [2.75, 3.05) is 18.4 Å². The number of halogens is 2. The molecule has 1 aliphatic rings. The van der Waals surface area contributed by atoms with Crippen LogP contribution in [0.2, 0.25) is 0 Å². The Morgan fingerprint density at radius 3 is 2.75 bits per heavy atom. The summed E-state index contributed by atoms with van der Waals surface area (Å²) in [5, 5.41) is 7.14. The number of likely N-dealkylation sites (tertiary alicyclic amines) is 1. The van der Waals surface area contributed by atoms with Gasteiger partial charge in [0, 0.05) is 24.7 Å². The number of hydrogen-bond acceptors (Lipinski definition) is 6. The number of hydrogen-bond donors (Lipinski definition) is 2. The lowest BCUT2D eigenvalue weighted by Gasteiger charge is -2.27. The quantitative estimate of drug-likeness (QED) is 0.533. The van der Waals surface area contributed by atoms with E-state index in [2.05, 4.69) is 15.5 Å². The minimum atomic E-state index is -0.659. The number of aromatic nitrogens is 2. The van der Waals surface area contributed by atoms with Gasteiger partial charge in [-0.3, -0.25) is 4.79 Å². The van der Waals surface area contributed by atoms with Gasteiger partial charge in [-0.25, -0.2) is 4.39 Å². The molecule has 3 N–H and O–H groups in total. The molecule has 0 unspecified atom stereocenters. The van der Waals surface area contributed by atoms with Crippen LogP contribution in [-0.4, -0.2) is 46.1 Å². The van der Waals surface area contributed by atoms with Crippen LogP contribution in [-0.2, 0) is 11.2 Å². The van der Waals surface area contributed by atoms with Gasteiger partial charge in [0.25, 0.3) is 0 Å². The average molecular weight is 460 g/mol. The molecule has 32 heavy (non-hydrogen) atoms. The molecular weight excluding hydrogens is 433 g/mol. The molecule has 2 aromatic carbocycles. The Bertz CT molecular complexity index is 1020. The van der Waals surface area contributed by atoms with Crippen LogP contribution in [0.25, 0.3) is 11.4 Å². The van der Waals surface area contributed by atoms with Crippen molar-refractivity contribution in [1.82, 2.24) is 15.0 Å². The second-order valence-electron chi connectivity index (χ2n) is 7.73. The highest BCUT2D eigenvalue weighted by Gasteiger charge is 2.31. The molecule has 0 aliphatic carbocycles. The third-order valence-corrected chi connectivity index (χ3v) is 5.61. The van der Waals surface area contributed by atoms with Gasteiger partial charge in [0.05, 0.1) is 6.04 Å². The first-order valence-corrected chi connectivity index (χ1v) is 10.5. The number of carbonyl (C=O) groups is 1. The van der Waals surface area contributed by atoms with Crippen LogP contribution in [0.5, 0.6) is 0 Å². The zero-order chi connectivity index (χ0) is 21.6. The largest absolute Gasteiger partial charge is 0.337 e. The molecule has 2 atom stereocenters. The van der Waals surface area contributed by atoms with E-state index in [9.17, 15) is 9.18 Å². The Morgan fingerprint density at radius 1 is 1.22 bits per heavy atom. The van der Waals surface area contributed by atoms with Crippen molar-refractivity contribution in [1.29, 1.82) is 0 Å². The first kappa shape index (κ1) is 23.7. The van der Waals surface area contributed by atoms with E-state index in [1.54, 1.807) is 18.2 Å². The third kappa shape index (κ3) is 5.63. The number of rotatable bonds is 8. The number of benzene rings is 2. The van der Waals surface area contributed by atoms with Crippen molar-refractivity contribution in [3.63, 3.8) is 0 Å². The van der Waals surface area contributed by atoms with E-state index in [1.807, 2.05) is 35.2 Å². The number of carbonyl (C=O) groups excluding carboxylic acids is 1. The van der Waals surface area contributed by atoms with E-state index in [1.165, 1.54) is 6.07 Å². The lowest BCUT2D eigenvalue weighted by Crippen LogP contribution is -2.48. The second kappa shape index (κ2) is 11.1. The summed E-state index contributed by atoms with van der Waals surface area (Å²) in [4.78, 5) is 19.1. The molecular formula is C23H27ClFN5O2. The molecule has 3 aromatic rings. The highest BCUT2D eigenvalue weighted by molar-refractivity contribution is 5.85. The average Bonchev–Trinajstić information content (AvgIpc) is 3.46. The molecule has 0 spiro atoms. The number of nitrogens with zero attached hydrogens (tertiary/aromatic N) is 3. The molecule has 170 valence electrons. The SMILES string of the molecule is Cl.N[C@H](CCc1ccccc1F)C(=O)N1CCC[C@H]1CNc1nc(-c2ccccc2)no1. The first-order chi connectivity index (χ1) is 15.1. The molecule has 1 fully saturated rings. The van der Waals surface area contributed by atoms with Crippen LogP contribution < -0.4 is 11.1 Å². The maximum absolute atomic E-state index is 13.8. The van der Waals surface area contributed by atoms with Crippen molar-refractivity contribution in [3.8, 4) is 11.4 Å². The first-order valence-electron chi connectivity index (χ1n) is 10.5. The van der Waals surface area contributed by atoms with E-state index < -0.39 is 6.04 Å². The number of nitrogens with two attached hydrogens (primary N) is 1. The Labute approximate surface area is 192 Å². The van der Waals surface area contributed by atoms with Gasteiger partial charge in [0.1, 0.15) is 5.82 Å². The van der Waals surface area contributed by atoms with Gasteiger partial charge in [-0.15, -0.1) is 12.4 Å². The van der Waals surface area contributed by atoms with Crippen molar-refractivity contribution >= 4 is 24.3 Å². The smallest absolute Gasteiger partial charge is 0.321 e. The minimum absolute atomic E-state index is 0. The van der Waals surface area contributed by atoms with Gasteiger partial charge < -0.3 is 20.5 Å². The Hall–Kier alpha value is -2.97. The third-order valence-electron chi connectivity index (χ3n) is 5.61. The molecule has 0 saturated carbocycles. The van der Waals surface area contributed by atoms with E-state index in [0.717, 1.165) is 18.4 Å². The van der Waals surface area contributed by atoms with Crippen LogP contribution in [0.15, 0.2) is 59.1 Å². The normalized spacial score (nSPS) is 16.4. The molecule has 1 aliphatic heterocycles. The summed E-state index contributed by atoms with van der Waals surface area (Å²) in [6.07, 6.45) is 2.62. The lowest BCUT2D eigenvalue weighted by atomic mass is 10.0. The van der Waals surface area contributed by atoms with Crippen LogP contribution in [0.4, 0.5) is 10.4 Å². The van der Waals surface area contributed by atoms with Crippen molar-refractivity contribution in [3.05, 3.63) is 66.0 Å². The monoisotopic (exact) mass is 459 g/mol. The number of nitrogens with one attached hydrogen (secondary N) is 1. The fraction of sp³-hybridized carbons (Fsp3) is 0.348. The van der Waals surface area contributed by atoms with Crippen molar-refractivity contribution in [2.45, 2.75) is 37.8 Å². The number of anilines is 1. The van der Waals surface area contributed by atoms with Gasteiger partial charge in [0.15, 0.2) is 0 Å². The van der Waals surface area contributed by atoms with E-state index in [-0.39, 0.29) is 30.2 Å². The predicted octanol–water partition coefficient (Wildman–Crippen LogP) is 3.66. The Morgan fingerprint density at radius 2 is 1.97 bits per heavy atom. The summed E-state index contributed by atoms with van der Waals surface area (Å²) >= 11 is 0. The summed E-state index contributed by atoms with van der Waals surface area (Å²) < 4.78 is 19.1. The molecule has 2 heterocycles. The molecule has 7 nitrogen and oxygen atoms in total. The molecule has 1 saturated heterocycles. The lowest BCUT2D eigenvalue weighted by molar-refractivity contribution is -0.133. The molecule has 9 heteroatoms. The predicted molar refractivity (Wildman–Crippen MR) is 123 cm³/mol. The second-order valence-corrected chi connectivity index (χ2v) is 7.73. The molecule has 0 radical (unpaired) electrons. The minimum Gasteiger partial charge on any atom is -0.337 e. The summed E-state index contributed by atoms with van der Waals surface area (Å²) in [5.41, 5.74) is 7.61. The van der Waals surface area contributed by atoms with Crippen LogP contribution in [0, 0.1) is 5.82 Å². The number of aryl methyl sites for hydroxylation is 1. The van der Waals surface area contributed by atoms with E-state index in [4.69, 9.17) is 10.3 Å². The standard InChI is InChI=1S/C23H26FN5O2.ClH/c24-19-11-5-4-7-16(19)12-13-20(25)22(30)29-14-6-10-18(29)15-26-23-27-21(28-31-23)17-8-2-1-3-9-17;/h1-5,7-9,11,18,20H,6,10,12-15,25H2,(H,26,27,28);1H/t18-,20+;/m0./s1. The highest BCUT2D eigenvalue weighted by Crippen LogP contribution is 2.21. The highest BCUT2D eigenvalue weighted by atomic mass is 35.5. The summed E-state index contributed by atoms with van der Waals surface area (Å²) in [7, 11) is 0. The van der Waals surface area contributed by atoms with Crippen molar-refractivity contribution in [2.24, 2.45) is 5.73 Å². The Kier molecular flexibility index (Phi) is 8.19. The van der Waals surface area contributed by atoms with Gasteiger partial charge in [-0.2, -0.15) is 4.98 Å².